The molecule has 1 amide bonds. The number of anilines is 1. The average molecular weight is 373 g/mol. The van der Waals surface area contributed by atoms with Crippen molar-refractivity contribution in [3.63, 3.8) is 0 Å². The highest BCUT2D eigenvalue weighted by Gasteiger charge is 2.13. The minimum Gasteiger partial charge on any atom is -0.497 e. The van der Waals surface area contributed by atoms with Gasteiger partial charge in [-0.1, -0.05) is 42.5 Å². The van der Waals surface area contributed by atoms with E-state index in [1.807, 2.05) is 78.9 Å². The smallest absolute Gasteiger partial charge is 0.251 e. The van der Waals surface area contributed by atoms with Crippen molar-refractivity contribution < 1.29 is 14.3 Å². The standard InChI is InChI=1S/C24H23NO3/c1-25(20-7-5-4-6-8-20)24(26)17-23(18-9-13-21(27-2)14-10-18)19-11-15-22(28-3)16-12-19/h4-17H,1-3H3. The monoisotopic (exact) mass is 373 g/mol. The Kier molecular flexibility index (Phi) is 6.12. The van der Waals surface area contributed by atoms with Crippen molar-refractivity contribution in [1.82, 2.24) is 0 Å². The van der Waals surface area contributed by atoms with Gasteiger partial charge in [0.15, 0.2) is 0 Å². The third-order valence-electron chi connectivity index (χ3n) is 4.54. The normalized spacial score (nSPS) is 10.1. The number of rotatable bonds is 6. The SMILES string of the molecule is COc1ccc(C(=CC(=O)N(C)c2ccccc2)c2ccc(OC)cc2)cc1. The van der Waals surface area contributed by atoms with E-state index in [-0.39, 0.29) is 5.91 Å². The summed E-state index contributed by atoms with van der Waals surface area (Å²) in [7, 11) is 5.04. The molecule has 0 spiro atoms. The zero-order chi connectivity index (χ0) is 19.9. The second kappa shape index (κ2) is 8.91. The van der Waals surface area contributed by atoms with Crippen LogP contribution in [0.5, 0.6) is 11.5 Å². The Morgan fingerprint density at radius 1 is 0.750 bits per heavy atom. The van der Waals surface area contributed by atoms with Crippen LogP contribution < -0.4 is 14.4 Å². The summed E-state index contributed by atoms with van der Waals surface area (Å²) in [5, 5.41) is 0. The summed E-state index contributed by atoms with van der Waals surface area (Å²) in [5.74, 6) is 1.43. The minimum absolute atomic E-state index is 0.104. The molecule has 0 aromatic heterocycles. The van der Waals surface area contributed by atoms with Crippen LogP contribution in [0.3, 0.4) is 0 Å². The maximum Gasteiger partial charge on any atom is 0.251 e. The van der Waals surface area contributed by atoms with Gasteiger partial charge in [0.2, 0.25) is 0 Å². The number of ether oxygens (including phenoxy) is 2. The Labute approximate surface area is 165 Å². The lowest BCUT2D eigenvalue weighted by Gasteiger charge is -2.17. The van der Waals surface area contributed by atoms with Crippen LogP contribution in [0, 0.1) is 0 Å². The highest BCUT2D eigenvalue weighted by molar-refractivity contribution is 6.07. The lowest BCUT2D eigenvalue weighted by Crippen LogP contribution is -2.24. The van der Waals surface area contributed by atoms with Gasteiger partial charge in [-0.25, -0.2) is 0 Å². The van der Waals surface area contributed by atoms with Crippen molar-refractivity contribution in [2.24, 2.45) is 0 Å². The fourth-order valence-electron chi connectivity index (χ4n) is 2.87. The van der Waals surface area contributed by atoms with Gasteiger partial charge >= 0.3 is 0 Å². The number of hydrogen-bond donors (Lipinski definition) is 0. The van der Waals surface area contributed by atoms with Crippen LogP contribution in [0.2, 0.25) is 0 Å². The largest absolute Gasteiger partial charge is 0.497 e. The first-order chi connectivity index (χ1) is 13.6. The van der Waals surface area contributed by atoms with Crippen molar-refractivity contribution in [1.29, 1.82) is 0 Å². The molecule has 3 aromatic rings. The molecule has 0 fully saturated rings. The molecule has 28 heavy (non-hydrogen) atoms. The van der Waals surface area contributed by atoms with Gasteiger partial charge in [0.05, 0.1) is 14.2 Å². The van der Waals surface area contributed by atoms with Gasteiger partial charge in [-0.05, 0) is 53.1 Å². The third kappa shape index (κ3) is 4.41. The van der Waals surface area contributed by atoms with E-state index in [9.17, 15) is 4.79 Å². The van der Waals surface area contributed by atoms with Crippen molar-refractivity contribution >= 4 is 17.2 Å². The fourth-order valence-corrected chi connectivity index (χ4v) is 2.87. The highest BCUT2D eigenvalue weighted by atomic mass is 16.5. The number of carbonyl (C=O) groups is 1. The predicted molar refractivity (Wildman–Crippen MR) is 113 cm³/mol. The molecule has 3 rings (SSSR count). The maximum atomic E-state index is 12.9. The number of methoxy groups -OCH3 is 2. The number of carbonyl (C=O) groups excluding carboxylic acids is 1. The first-order valence-corrected chi connectivity index (χ1v) is 8.95. The van der Waals surface area contributed by atoms with Crippen molar-refractivity contribution in [2.75, 3.05) is 26.2 Å². The van der Waals surface area contributed by atoms with Crippen molar-refractivity contribution in [3.05, 3.63) is 96.1 Å². The van der Waals surface area contributed by atoms with E-state index in [0.29, 0.717) is 0 Å². The van der Waals surface area contributed by atoms with Crippen molar-refractivity contribution in [2.45, 2.75) is 0 Å². The summed E-state index contributed by atoms with van der Waals surface area (Å²) in [6.07, 6.45) is 1.66. The van der Waals surface area contributed by atoms with Crippen LogP contribution in [0.1, 0.15) is 11.1 Å². The second-order valence-electron chi connectivity index (χ2n) is 6.25. The van der Waals surface area contributed by atoms with Crippen LogP contribution in [-0.4, -0.2) is 27.2 Å². The number of nitrogens with zero attached hydrogens (tertiary/aromatic N) is 1. The van der Waals surface area contributed by atoms with Crippen molar-refractivity contribution in [3.8, 4) is 11.5 Å². The van der Waals surface area contributed by atoms with E-state index in [1.165, 1.54) is 0 Å². The summed E-state index contributed by atoms with van der Waals surface area (Å²) in [6, 6.07) is 24.9. The highest BCUT2D eigenvalue weighted by Crippen LogP contribution is 2.27. The molecule has 0 saturated heterocycles. The number of para-hydroxylation sites is 1. The first-order valence-electron chi connectivity index (χ1n) is 8.95. The van der Waals surface area contributed by atoms with Gasteiger partial charge < -0.3 is 14.4 Å². The van der Waals surface area contributed by atoms with Crippen LogP contribution in [0.15, 0.2) is 84.9 Å². The van der Waals surface area contributed by atoms with Crippen LogP contribution in [0.4, 0.5) is 5.69 Å². The summed E-state index contributed by atoms with van der Waals surface area (Å²) in [6.45, 7) is 0. The van der Waals surface area contributed by atoms with E-state index in [1.54, 1.807) is 32.2 Å². The Hall–Kier alpha value is -3.53. The Morgan fingerprint density at radius 3 is 1.64 bits per heavy atom. The van der Waals surface area contributed by atoms with Gasteiger partial charge in [0.1, 0.15) is 11.5 Å². The molecule has 0 aliphatic carbocycles. The number of benzene rings is 3. The van der Waals surface area contributed by atoms with Gasteiger partial charge in [-0.15, -0.1) is 0 Å². The molecule has 0 saturated carbocycles. The summed E-state index contributed by atoms with van der Waals surface area (Å²) in [4.78, 5) is 14.6. The van der Waals surface area contributed by atoms with E-state index >= 15 is 0 Å². The summed E-state index contributed by atoms with van der Waals surface area (Å²) < 4.78 is 10.5. The van der Waals surface area contributed by atoms with Crippen LogP contribution >= 0.6 is 0 Å². The minimum atomic E-state index is -0.104. The molecule has 0 heterocycles. The predicted octanol–water partition coefficient (Wildman–Crippen LogP) is 4.80. The molecule has 3 aromatic carbocycles. The number of hydrogen-bond acceptors (Lipinski definition) is 3. The fraction of sp³-hybridized carbons (Fsp3) is 0.125. The molecule has 0 aliphatic rings. The Balaban J connectivity index is 2.01. The van der Waals surface area contributed by atoms with E-state index in [4.69, 9.17) is 9.47 Å². The zero-order valence-corrected chi connectivity index (χ0v) is 16.3. The molecule has 4 heteroatoms. The van der Waals surface area contributed by atoms with Gasteiger partial charge in [0.25, 0.3) is 5.91 Å². The third-order valence-corrected chi connectivity index (χ3v) is 4.54. The summed E-state index contributed by atoms with van der Waals surface area (Å²) >= 11 is 0. The molecule has 4 nitrogen and oxygen atoms in total. The quantitative estimate of drug-likeness (QED) is 0.583. The molecule has 0 atom stereocenters. The molecule has 0 radical (unpaired) electrons. The molecule has 0 aliphatic heterocycles. The van der Waals surface area contributed by atoms with Gasteiger partial charge in [-0.2, -0.15) is 0 Å². The number of amides is 1. The molecular weight excluding hydrogens is 350 g/mol. The second-order valence-corrected chi connectivity index (χ2v) is 6.25. The van der Waals surface area contributed by atoms with Gasteiger partial charge in [-0.3, -0.25) is 4.79 Å². The Morgan fingerprint density at radius 2 is 1.21 bits per heavy atom. The molecular formula is C24H23NO3. The topological polar surface area (TPSA) is 38.8 Å². The molecule has 0 unspecified atom stereocenters. The first kappa shape index (κ1) is 19.2. The molecule has 0 N–H and O–H groups in total. The molecule has 142 valence electrons. The van der Waals surface area contributed by atoms with Gasteiger partial charge in [0, 0.05) is 18.8 Å². The average Bonchev–Trinajstić information content (AvgIpc) is 2.77. The Bertz CT molecular complexity index is 896. The number of likely N-dealkylation sites (N-methyl/N-ethyl adjacent to an activating group) is 1. The zero-order valence-electron chi connectivity index (χ0n) is 16.3. The van der Waals surface area contributed by atoms with Crippen LogP contribution in [-0.2, 0) is 4.79 Å². The van der Waals surface area contributed by atoms with Crippen LogP contribution in [0.25, 0.3) is 5.57 Å². The van der Waals surface area contributed by atoms with E-state index in [0.717, 1.165) is 33.9 Å². The lowest BCUT2D eigenvalue weighted by atomic mass is 9.97. The van der Waals surface area contributed by atoms with E-state index < -0.39 is 0 Å². The van der Waals surface area contributed by atoms with E-state index in [2.05, 4.69) is 0 Å². The maximum absolute atomic E-state index is 12.9. The molecule has 0 bridgehead atoms. The lowest BCUT2D eigenvalue weighted by molar-refractivity contribution is -0.113. The summed E-state index contributed by atoms with van der Waals surface area (Å²) in [5.41, 5.74) is 3.53.